The van der Waals surface area contributed by atoms with Gasteiger partial charge in [0.2, 0.25) is 5.91 Å². The molecule has 0 spiro atoms. The summed E-state index contributed by atoms with van der Waals surface area (Å²) in [5, 5.41) is 3.13. The Morgan fingerprint density at radius 1 is 1.10 bits per heavy atom. The van der Waals surface area contributed by atoms with Crippen LogP contribution in [0.3, 0.4) is 0 Å². The number of fused-ring (bicyclic) bond motifs is 1. The summed E-state index contributed by atoms with van der Waals surface area (Å²) in [6, 6.07) is 3.94. The Labute approximate surface area is 171 Å². The molecular weight excluding hydrogens is 366 g/mol. The molecule has 3 heterocycles. The number of nitrogens with zero attached hydrogens (tertiary/aromatic N) is 4. The molecule has 1 N–H and O–H groups in total. The fourth-order valence-electron chi connectivity index (χ4n) is 4.16. The Balaban J connectivity index is 1.44. The molecule has 2 amide bonds. The number of carbonyl (C=O) groups is 2. The molecular formula is C22H27N5O2. The predicted molar refractivity (Wildman–Crippen MR) is 109 cm³/mol. The van der Waals surface area contributed by atoms with Crippen molar-refractivity contribution in [3.63, 3.8) is 0 Å². The first-order valence-electron chi connectivity index (χ1n) is 10.6. The molecule has 1 saturated carbocycles. The zero-order chi connectivity index (χ0) is 20.1. The van der Waals surface area contributed by atoms with Crippen LogP contribution in [0.1, 0.15) is 61.0 Å². The van der Waals surface area contributed by atoms with Crippen molar-refractivity contribution in [3.05, 3.63) is 42.0 Å². The quantitative estimate of drug-likeness (QED) is 0.807. The summed E-state index contributed by atoms with van der Waals surface area (Å²) in [5.74, 6) is 0.372. The van der Waals surface area contributed by atoms with Crippen LogP contribution < -0.4 is 5.32 Å². The van der Waals surface area contributed by atoms with E-state index < -0.39 is 0 Å². The van der Waals surface area contributed by atoms with E-state index in [9.17, 15) is 9.59 Å². The number of nitrogens with one attached hydrogen (secondary N) is 1. The molecule has 1 aliphatic carbocycles. The number of pyridine rings is 1. The molecule has 7 heteroatoms. The number of rotatable bonds is 4. The van der Waals surface area contributed by atoms with Gasteiger partial charge in [0.1, 0.15) is 0 Å². The van der Waals surface area contributed by atoms with E-state index in [0.717, 1.165) is 43.4 Å². The second-order valence-corrected chi connectivity index (χ2v) is 7.88. The minimum Gasteiger partial charge on any atom is -0.352 e. The van der Waals surface area contributed by atoms with Crippen molar-refractivity contribution >= 4 is 11.8 Å². The summed E-state index contributed by atoms with van der Waals surface area (Å²) >= 11 is 0. The topological polar surface area (TPSA) is 88.1 Å². The van der Waals surface area contributed by atoms with Gasteiger partial charge < -0.3 is 10.2 Å². The van der Waals surface area contributed by atoms with Gasteiger partial charge >= 0.3 is 0 Å². The first-order chi connectivity index (χ1) is 14.2. The molecule has 29 heavy (non-hydrogen) atoms. The van der Waals surface area contributed by atoms with Crippen LogP contribution in [0.4, 0.5) is 0 Å². The Kier molecular flexibility index (Phi) is 6.12. The maximum absolute atomic E-state index is 13.0. The van der Waals surface area contributed by atoms with Crippen LogP contribution in [0, 0.1) is 0 Å². The van der Waals surface area contributed by atoms with Crippen LogP contribution >= 0.6 is 0 Å². The number of carbonyl (C=O) groups excluding carboxylic acids is 2. The molecule has 0 aromatic carbocycles. The van der Waals surface area contributed by atoms with Crippen molar-refractivity contribution in [1.82, 2.24) is 25.2 Å². The molecule has 2 aromatic rings. The van der Waals surface area contributed by atoms with Crippen LogP contribution in [0.25, 0.3) is 11.4 Å². The smallest absolute Gasteiger partial charge is 0.257 e. The Morgan fingerprint density at radius 3 is 2.62 bits per heavy atom. The normalized spacial score (nSPS) is 17.9. The number of amides is 2. The van der Waals surface area contributed by atoms with Gasteiger partial charge in [-0.05, 0) is 37.8 Å². The molecule has 2 aromatic heterocycles. The maximum Gasteiger partial charge on any atom is 0.257 e. The Bertz CT molecular complexity index is 863. The highest BCUT2D eigenvalue weighted by Crippen LogP contribution is 2.21. The van der Waals surface area contributed by atoms with Crippen LogP contribution in [0.2, 0.25) is 0 Å². The van der Waals surface area contributed by atoms with Crippen molar-refractivity contribution in [3.8, 4) is 11.4 Å². The lowest BCUT2D eigenvalue weighted by atomic mass is 10.1. The third kappa shape index (κ3) is 4.78. The summed E-state index contributed by atoms with van der Waals surface area (Å²) in [6.45, 7) is 0.652. The van der Waals surface area contributed by atoms with Crippen LogP contribution in [0.5, 0.6) is 0 Å². The highest BCUT2D eigenvalue weighted by Gasteiger charge is 2.26. The summed E-state index contributed by atoms with van der Waals surface area (Å²) in [6.07, 6.45) is 13.4. The Morgan fingerprint density at radius 2 is 1.86 bits per heavy atom. The van der Waals surface area contributed by atoms with Crippen LogP contribution in [-0.2, 0) is 11.2 Å². The molecule has 2 aliphatic rings. The fraction of sp³-hybridized carbons (Fsp3) is 0.500. The predicted octanol–water partition coefficient (Wildman–Crippen LogP) is 2.77. The van der Waals surface area contributed by atoms with E-state index in [-0.39, 0.29) is 24.4 Å². The minimum atomic E-state index is -0.158. The van der Waals surface area contributed by atoms with Crippen molar-refractivity contribution < 1.29 is 9.59 Å². The second-order valence-electron chi connectivity index (χ2n) is 7.88. The number of hydrogen-bond acceptors (Lipinski definition) is 5. The second kappa shape index (κ2) is 9.11. The standard InChI is InChI=1S/C22H27N5O2/c28-20(25-17-6-3-1-2-4-7-17)15-27-13-5-8-19-18(22(27)29)14-24-21(26-19)16-9-11-23-12-10-16/h9-12,14,17H,1-8,13,15H2,(H,25,28). The lowest BCUT2D eigenvalue weighted by molar-refractivity contribution is -0.122. The average Bonchev–Trinajstić information content (AvgIpc) is 3.08. The van der Waals surface area contributed by atoms with E-state index in [0.29, 0.717) is 24.4 Å². The van der Waals surface area contributed by atoms with E-state index in [1.54, 1.807) is 23.5 Å². The van der Waals surface area contributed by atoms with Crippen molar-refractivity contribution in [1.29, 1.82) is 0 Å². The summed E-state index contributed by atoms with van der Waals surface area (Å²) in [4.78, 5) is 40.2. The van der Waals surface area contributed by atoms with Gasteiger partial charge in [-0.25, -0.2) is 9.97 Å². The third-order valence-corrected chi connectivity index (χ3v) is 5.72. The van der Waals surface area contributed by atoms with Gasteiger partial charge in [-0.2, -0.15) is 0 Å². The van der Waals surface area contributed by atoms with Crippen LogP contribution in [0.15, 0.2) is 30.7 Å². The molecule has 0 unspecified atom stereocenters. The minimum absolute atomic E-state index is 0.0666. The number of aromatic nitrogens is 3. The van der Waals surface area contributed by atoms with Gasteiger partial charge in [-0.15, -0.1) is 0 Å². The van der Waals surface area contributed by atoms with E-state index in [2.05, 4.69) is 20.3 Å². The monoisotopic (exact) mass is 393 g/mol. The molecule has 1 aliphatic heterocycles. The lowest BCUT2D eigenvalue weighted by Crippen LogP contribution is -2.44. The molecule has 4 rings (SSSR count). The lowest BCUT2D eigenvalue weighted by Gasteiger charge is -2.22. The number of hydrogen-bond donors (Lipinski definition) is 1. The SMILES string of the molecule is O=C(CN1CCCc2nc(-c3ccncc3)ncc2C1=O)NC1CCCCCC1. The van der Waals surface area contributed by atoms with Gasteiger partial charge in [-0.3, -0.25) is 14.6 Å². The zero-order valence-corrected chi connectivity index (χ0v) is 16.6. The molecule has 0 bridgehead atoms. The van der Waals surface area contributed by atoms with Gasteiger partial charge in [-0.1, -0.05) is 25.7 Å². The van der Waals surface area contributed by atoms with E-state index >= 15 is 0 Å². The van der Waals surface area contributed by atoms with Gasteiger partial charge in [0, 0.05) is 36.7 Å². The summed E-state index contributed by atoms with van der Waals surface area (Å²) in [7, 11) is 0. The Hall–Kier alpha value is -2.83. The largest absolute Gasteiger partial charge is 0.352 e. The highest BCUT2D eigenvalue weighted by atomic mass is 16.2. The van der Waals surface area contributed by atoms with Crippen molar-refractivity contribution in [2.45, 2.75) is 57.4 Å². The van der Waals surface area contributed by atoms with Crippen molar-refractivity contribution in [2.24, 2.45) is 0 Å². The first-order valence-corrected chi connectivity index (χ1v) is 10.6. The molecule has 152 valence electrons. The molecule has 1 fully saturated rings. The van der Waals surface area contributed by atoms with E-state index in [1.165, 1.54) is 12.8 Å². The van der Waals surface area contributed by atoms with Crippen molar-refractivity contribution in [2.75, 3.05) is 13.1 Å². The maximum atomic E-state index is 13.0. The molecule has 7 nitrogen and oxygen atoms in total. The van der Waals surface area contributed by atoms with Crippen LogP contribution in [-0.4, -0.2) is 50.8 Å². The van der Waals surface area contributed by atoms with Gasteiger partial charge in [0.15, 0.2) is 5.82 Å². The molecule has 0 radical (unpaired) electrons. The van der Waals surface area contributed by atoms with E-state index in [4.69, 9.17) is 0 Å². The number of aryl methyl sites for hydroxylation is 1. The van der Waals surface area contributed by atoms with E-state index in [1.807, 2.05) is 12.1 Å². The first kappa shape index (κ1) is 19.5. The average molecular weight is 393 g/mol. The summed E-state index contributed by atoms with van der Waals surface area (Å²) in [5.41, 5.74) is 2.13. The molecule has 0 saturated heterocycles. The molecule has 0 atom stereocenters. The highest BCUT2D eigenvalue weighted by molar-refractivity contribution is 5.97. The summed E-state index contributed by atoms with van der Waals surface area (Å²) < 4.78 is 0. The zero-order valence-electron chi connectivity index (χ0n) is 16.6. The van der Waals surface area contributed by atoms with Gasteiger partial charge in [0.05, 0.1) is 17.8 Å². The third-order valence-electron chi connectivity index (χ3n) is 5.72. The fourth-order valence-corrected chi connectivity index (χ4v) is 4.16. The van der Waals surface area contributed by atoms with Gasteiger partial charge in [0.25, 0.3) is 5.91 Å².